The zero-order valence-electron chi connectivity index (χ0n) is 11.4. The molecule has 1 aromatic carbocycles. The van der Waals surface area contributed by atoms with Crippen LogP contribution in [0.15, 0.2) is 24.3 Å². The largest absolute Gasteiger partial charge is 0.493 e. The van der Waals surface area contributed by atoms with Crippen LogP contribution in [0.2, 0.25) is 0 Å². The molecule has 0 aliphatic rings. The Labute approximate surface area is 110 Å². The summed E-state index contributed by atoms with van der Waals surface area (Å²) in [5.41, 5.74) is 1.08. The molecular weight excluding hydrogens is 224 g/mol. The molecule has 0 aromatic heterocycles. The van der Waals surface area contributed by atoms with E-state index in [-0.39, 0.29) is 0 Å². The van der Waals surface area contributed by atoms with Gasteiger partial charge in [0.05, 0.1) is 12.7 Å². The Balaban J connectivity index is 2.49. The Bertz CT molecular complexity index is 396. The van der Waals surface area contributed by atoms with Gasteiger partial charge in [0.1, 0.15) is 5.75 Å². The van der Waals surface area contributed by atoms with E-state index in [9.17, 15) is 0 Å². The van der Waals surface area contributed by atoms with Crippen LogP contribution in [0.1, 0.15) is 33.6 Å². The van der Waals surface area contributed by atoms with Gasteiger partial charge >= 0.3 is 0 Å². The quantitative estimate of drug-likeness (QED) is 0.744. The van der Waals surface area contributed by atoms with Crippen molar-refractivity contribution in [3.05, 3.63) is 24.3 Å². The van der Waals surface area contributed by atoms with Crippen molar-refractivity contribution in [3.63, 3.8) is 0 Å². The minimum absolute atomic E-state index is 0.429. The zero-order chi connectivity index (χ0) is 13.4. The predicted octanol–water partition coefficient (Wildman–Crippen LogP) is 3.83. The van der Waals surface area contributed by atoms with E-state index in [4.69, 9.17) is 10.00 Å². The molecule has 1 atom stereocenters. The molecule has 1 rings (SSSR count). The number of nitrogens with zero attached hydrogens (tertiary/aromatic N) is 1. The number of hydrogen-bond acceptors (Lipinski definition) is 3. The highest BCUT2D eigenvalue weighted by atomic mass is 16.5. The van der Waals surface area contributed by atoms with Crippen LogP contribution in [0.4, 0.5) is 5.69 Å². The lowest BCUT2D eigenvalue weighted by Crippen LogP contribution is -2.21. The van der Waals surface area contributed by atoms with Crippen LogP contribution in [0.25, 0.3) is 0 Å². The summed E-state index contributed by atoms with van der Waals surface area (Å²) >= 11 is 0. The van der Waals surface area contributed by atoms with Crippen molar-refractivity contribution in [3.8, 4) is 11.8 Å². The summed E-state index contributed by atoms with van der Waals surface area (Å²) in [6.45, 7) is 7.15. The normalized spacial score (nSPS) is 11.9. The molecule has 0 heterocycles. The lowest BCUT2D eigenvalue weighted by Gasteiger charge is -2.19. The van der Waals surface area contributed by atoms with Gasteiger partial charge in [0.2, 0.25) is 0 Å². The SMILES string of the molecule is CC(C)C(C)Nc1cccc(OCCCC#N)c1. The highest BCUT2D eigenvalue weighted by Gasteiger charge is 2.06. The topological polar surface area (TPSA) is 45.0 Å². The number of nitrogens with one attached hydrogen (secondary N) is 1. The Morgan fingerprint density at radius 1 is 1.33 bits per heavy atom. The molecule has 0 bridgehead atoms. The minimum Gasteiger partial charge on any atom is -0.493 e. The van der Waals surface area contributed by atoms with Crippen LogP contribution in [0.3, 0.4) is 0 Å². The first-order chi connectivity index (χ1) is 8.63. The Hall–Kier alpha value is -1.69. The summed E-state index contributed by atoms with van der Waals surface area (Å²) in [7, 11) is 0. The third-order valence-corrected chi connectivity index (χ3v) is 2.93. The fourth-order valence-electron chi connectivity index (χ4n) is 1.45. The van der Waals surface area contributed by atoms with Crippen molar-refractivity contribution >= 4 is 5.69 Å². The van der Waals surface area contributed by atoms with Crippen LogP contribution in [-0.4, -0.2) is 12.6 Å². The van der Waals surface area contributed by atoms with Crippen molar-refractivity contribution in [2.45, 2.75) is 39.7 Å². The summed E-state index contributed by atoms with van der Waals surface area (Å²) in [5.74, 6) is 1.44. The van der Waals surface area contributed by atoms with Crippen molar-refractivity contribution < 1.29 is 4.74 Å². The lowest BCUT2D eigenvalue weighted by atomic mass is 10.1. The van der Waals surface area contributed by atoms with E-state index in [1.807, 2.05) is 24.3 Å². The molecule has 0 saturated carbocycles. The van der Waals surface area contributed by atoms with E-state index in [1.54, 1.807) is 0 Å². The van der Waals surface area contributed by atoms with Crippen molar-refractivity contribution in [2.24, 2.45) is 5.92 Å². The number of nitriles is 1. The highest BCUT2D eigenvalue weighted by molar-refractivity contribution is 5.48. The second kappa shape index (κ2) is 7.60. The van der Waals surface area contributed by atoms with Crippen LogP contribution < -0.4 is 10.1 Å². The molecule has 0 aliphatic heterocycles. The second-order valence-corrected chi connectivity index (χ2v) is 4.81. The number of ether oxygens (including phenoxy) is 1. The molecule has 0 amide bonds. The maximum atomic E-state index is 8.44. The maximum Gasteiger partial charge on any atom is 0.121 e. The van der Waals surface area contributed by atoms with Gasteiger partial charge in [-0.3, -0.25) is 0 Å². The first-order valence-corrected chi connectivity index (χ1v) is 6.50. The molecule has 0 fully saturated rings. The number of hydrogen-bond donors (Lipinski definition) is 1. The summed E-state index contributed by atoms with van der Waals surface area (Å²) < 4.78 is 5.60. The second-order valence-electron chi connectivity index (χ2n) is 4.81. The fourth-order valence-corrected chi connectivity index (χ4v) is 1.45. The van der Waals surface area contributed by atoms with Gasteiger partial charge in [-0.15, -0.1) is 0 Å². The standard InChI is InChI=1S/C15H22N2O/c1-12(2)13(3)17-14-7-6-8-15(11-14)18-10-5-4-9-16/h6-8,11-13,17H,4-5,10H2,1-3H3. The summed E-state index contributed by atoms with van der Waals surface area (Å²) in [6.07, 6.45) is 1.32. The number of anilines is 1. The highest BCUT2D eigenvalue weighted by Crippen LogP contribution is 2.19. The average Bonchev–Trinajstić information content (AvgIpc) is 2.35. The molecule has 0 radical (unpaired) electrons. The van der Waals surface area contributed by atoms with Gasteiger partial charge in [-0.2, -0.15) is 5.26 Å². The van der Waals surface area contributed by atoms with Gasteiger partial charge in [-0.25, -0.2) is 0 Å². The first-order valence-electron chi connectivity index (χ1n) is 6.50. The molecule has 1 unspecified atom stereocenters. The van der Waals surface area contributed by atoms with E-state index in [2.05, 4.69) is 32.2 Å². The first kappa shape index (κ1) is 14.4. The molecule has 0 aliphatic carbocycles. The van der Waals surface area contributed by atoms with E-state index in [0.717, 1.165) is 17.9 Å². The predicted molar refractivity (Wildman–Crippen MR) is 74.7 cm³/mol. The zero-order valence-corrected chi connectivity index (χ0v) is 11.4. The van der Waals surface area contributed by atoms with Gasteiger partial charge < -0.3 is 10.1 Å². The lowest BCUT2D eigenvalue weighted by molar-refractivity contribution is 0.313. The van der Waals surface area contributed by atoms with E-state index in [0.29, 0.717) is 25.0 Å². The number of unbranched alkanes of at least 4 members (excludes halogenated alkanes) is 1. The molecule has 0 saturated heterocycles. The molecule has 3 heteroatoms. The van der Waals surface area contributed by atoms with Crippen molar-refractivity contribution in [1.82, 2.24) is 0 Å². The van der Waals surface area contributed by atoms with E-state index in [1.165, 1.54) is 0 Å². The average molecular weight is 246 g/mol. The molecule has 98 valence electrons. The Kier molecular flexibility index (Phi) is 6.07. The Morgan fingerprint density at radius 3 is 2.78 bits per heavy atom. The minimum atomic E-state index is 0.429. The smallest absolute Gasteiger partial charge is 0.121 e. The molecule has 3 nitrogen and oxygen atoms in total. The summed E-state index contributed by atoms with van der Waals surface area (Å²) in [5, 5.41) is 11.9. The van der Waals surface area contributed by atoms with Crippen LogP contribution in [0, 0.1) is 17.2 Å². The van der Waals surface area contributed by atoms with Crippen LogP contribution in [-0.2, 0) is 0 Å². The van der Waals surface area contributed by atoms with Gasteiger partial charge in [0.25, 0.3) is 0 Å². The van der Waals surface area contributed by atoms with Crippen LogP contribution in [0.5, 0.6) is 5.75 Å². The van der Waals surface area contributed by atoms with Gasteiger partial charge in [0, 0.05) is 24.2 Å². The number of rotatable bonds is 7. The monoisotopic (exact) mass is 246 g/mol. The molecule has 1 aromatic rings. The third-order valence-electron chi connectivity index (χ3n) is 2.93. The molecule has 18 heavy (non-hydrogen) atoms. The third kappa shape index (κ3) is 5.09. The summed E-state index contributed by atoms with van der Waals surface area (Å²) in [6, 6.07) is 10.5. The molecular formula is C15H22N2O. The molecule has 1 N–H and O–H groups in total. The van der Waals surface area contributed by atoms with Crippen molar-refractivity contribution in [2.75, 3.05) is 11.9 Å². The van der Waals surface area contributed by atoms with E-state index >= 15 is 0 Å². The van der Waals surface area contributed by atoms with Crippen LogP contribution >= 0.6 is 0 Å². The molecule has 0 spiro atoms. The summed E-state index contributed by atoms with van der Waals surface area (Å²) in [4.78, 5) is 0. The maximum absolute atomic E-state index is 8.44. The van der Waals surface area contributed by atoms with Gasteiger partial charge in [-0.05, 0) is 31.4 Å². The fraction of sp³-hybridized carbons (Fsp3) is 0.533. The Morgan fingerprint density at radius 2 is 2.11 bits per heavy atom. The van der Waals surface area contributed by atoms with Gasteiger partial charge in [0.15, 0.2) is 0 Å². The van der Waals surface area contributed by atoms with Gasteiger partial charge in [-0.1, -0.05) is 19.9 Å². The van der Waals surface area contributed by atoms with Crippen molar-refractivity contribution in [1.29, 1.82) is 5.26 Å². The number of benzene rings is 1. The van der Waals surface area contributed by atoms with E-state index < -0.39 is 0 Å².